The van der Waals surface area contributed by atoms with Crippen molar-refractivity contribution < 1.29 is 80.2 Å². The molecule has 7 atom stereocenters. The molecule has 0 spiro atoms. The van der Waals surface area contributed by atoms with Crippen LogP contribution in [0.1, 0.15) is 370 Å². The lowest BCUT2D eigenvalue weighted by Crippen LogP contribution is -2.30. The van der Waals surface area contributed by atoms with Crippen molar-refractivity contribution in [3.63, 3.8) is 0 Å². The first-order valence-electron chi connectivity index (χ1n) is 38.3. The SMILES string of the molecule is CCC(C)CCCCCCCCCCCCC(=O)O[C@H](COC(=O)CCCCCCCCC(C)CC)COP(=O)(O)OC[C@H](O)COP(=O)(O)OC[C@@H](COC(=O)CCCCCCCCCCCCC(C)C)OC(=O)CCCCCCCCCCCCCCCC(C)C. The summed E-state index contributed by atoms with van der Waals surface area (Å²) in [6.45, 7) is 14.2. The van der Waals surface area contributed by atoms with Crippen molar-refractivity contribution in [1.29, 1.82) is 0 Å². The fourth-order valence-electron chi connectivity index (χ4n) is 11.1. The van der Waals surface area contributed by atoms with Gasteiger partial charge in [0, 0.05) is 25.7 Å². The van der Waals surface area contributed by atoms with Gasteiger partial charge in [-0.25, -0.2) is 9.13 Å². The van der Waals surface area contributed by atoms with E-state index in [2.05, 4.69) is 55.4 Å². The molecule has 0 aliphatic carbocycles. The van der Waals surface area contributed by atoms with Crippen LogP contribution in [0.3, 0.4) is 0 Å². The van der Waals surface area contributed by atoms with Crippen LogP contribution in [0, 0.1) is 23.7 Å². The van der Waals surface area contributed by atoms with Crippen LogP contribution in [-0.4, -0.2) is 96.7 Å². The number of aliphatic hydroxyl groups excluding tert-OH is 1. The largest absolute Gasteiger partial charge is 0.472 e. The van der Waals surface area contributed by atoms with Gasteiger partial charge >= 0.3 is 39.5 Å². The summed E-state index contributed by atoms with van der Waals surface area (Å²) in [7, 11) is -9.91. The van der Waals surface area contributed by atoms with Crippen LogP contribution in [-0.2, 0) is 65.4 Å². The molecule has 17 nitrogen and oxygen atoms in total. The van der Waals surface area contributed by atoms with Crippen molar-refractivity contribution in [2.45, 2.75) is 388 Å². The van der Waals surface area contributed by atoms with Crippen LogP contribution in [0.5, 0.6) is 0 Å². The Morgan fingerprint density at radius 3 is 0.763 bits per heavy atom. The highest BCUT2D eigenvalue weighted by atomic mass is 31.2. The number of hydrogen-bond acceptors (Lipinski definition) is 15. The first-order valence-corrected chi connectivity index (χ1v) is 41.3. The minimum Gasteiger partial charge on any atom is -0.462 e. The highest BCUT2D eigenvalue weighted by Gasteiger charge is 2.30. The average molecular weight is 1370 g/mol. The van der Waals surface area contributed by atoms with E-state index in [1.807, 2.05) is 0 Å². The molecule has 0 bridgehead atoms. The number of hydrogen-bond donors (Lipinski definition) is 3. The van der Waals surface area contributed by atoms with Crippen molar-refractivity contribution in [1.82, 2.24) is 0 Å². The molecule has 4 unspecified atom stereocenters. The van der Waals surface area contributed by atoms with E-state index in [0.717, 1.165) is 120 Å². The van der Waals surface area contributed by atoms with E-state index in [4.69, 9.17) is 37.0 Å². The van der Waals surface area contributed by atoms with Gasteiger partial charge in [-0.2, -0.15) is 0 Å². The lowest BCUT2D eigenvalue weighted by Gasteiger charge is -2.21. The standard InChI is InChI=1S/C74H144O17P2/c1-9-66(7)52-44-36-28-22-17-19-25-31-41-49-57-74(79)91-70(61-85-72(77)55-47-39-33-32-37-45-53-67(8)10-2)63-89-93(82,83)87-59-68(75)58-86-92(80,81)88-62-69(60-84-71(76)54-46-38-29-23-18-16-21-27-35-43-51-65(5)6)90-73(78)56-48-40-30-24-15-13-11-12-14-20-26-34-42-50-64(3)4/h64-70,75H,9-63H2,1-8H3,(H,80,81)(H,82,83)/t66?,67?,68-,69-,70-/m1/s1. The Bertz CT molecular complexity index is 1840. The predicted molar refractivity (Wildman–Crippen MR) is 377 cm³/mol. The Labute approximate surface area is 568 Å². The summed E-state index contributed by atoms with van der Waals surface area (Å²) in [5.41, 5.74) is 0. The zero-order chi connectivity index (χ0) is 68.9. The van der Waals surface area contributed by atoms with Gasteiger partial charge in [0.15, 0.2) is 12.2 Å². The zero-order valence-electron chi connectivity index (χ0n) is 60.9. The van der Waals surface area contributed by atoms with Gasteiger partial charge in [-0.3, -0.25) is 37.3 Å². The summed E-state index contributed by atoms with van der Waals surface area (Å²) >= 11 is 0. The number of carbonyl (C=O) groups is 4. The molecule has 0 aromatic heterocycles. The van der Waals surface area contributed by atoms with Crippen molar-refractivity contribution in [2.24, 2.45) is 23.7 Å². The van der Waals surface area contributed by atoms with Gasteiger partial charge in [-0.1, -0.05) is 319 Å². The second-order valence-electron chi connectivity index (χ2n) is 28.1. The first-order chi connectivity index (χ1) is 44.7. The first kappa shape index (κ1) is 91.1. The van der Waals surface area contributed by atoms with Crippen LogP contribution in [0.25, 0.3) is 0 Å². The topological polar surface area (TPSA) is 237 Å². The van der Waals surface area contributed by atoms with Gasteiger partial charge < -0.3 is 33.8 Å². The van der Waals surface area contributed by atoms with Gasteiger partial charge in [-0.05, 0) is 49.4 Å². The van der Waals surface area contributed by atoms with E-state index in [1.54, 1.807) is 0 Å². The molecule has 0 aromatic carbocycles. The van der Waals surface area contributed by atoms with E-state index in [1.165, 1.54) is 167 Å². The molecule has 0 aliphatic rings. The smallest absolute Gasteiger partial charge is 0.462 e. The maximum Gasteiger partial charge on any atom is 0.472 e. The third-order valence-electron chi connectivity index (χ3n) is 17.8. The number of esters is 4. The third kappa shape index (κ3) is 65.8. The van der Waals surface area contributed by atoms with Crippen molar-refractivity contribution in [3.05, 3.63) is 0 Å². The monoisotopic (exact) mass is 1370 g/mol. The summed E-state index contributed by atoms with van der Waals surface area (Å²) in [4.78, 5) is 72.7. The Morgan fingerprint density at radius 1 is 0.301 bits per heavy atom. The maximum absolute atomic E-state index is 13.1. The number of unbranched alkanes of at least 4 members (excludes halogenated alkanes) is 35. The lowest BCUT2D eigenvalue weighted by molar-refractivity contribution is -0.161. The molecule has 0 fully saturated rings. The molecule has 0 saturated heterocycles. The molecule has 93 heavy (non-hydrogen) atoms. The van der Waals surface area contributed by atoms with Crippen molar-refractivity contribution >= 4 is 39.5 Å². The molecule has 0 rings (SSSR count). The van der Waals surface area contributed by atoms with Gasteiger partial charge in [0.1, 0.15) is 19.3 Å². The van der Waals surface area contributed by atoms with Crippen LogP contribution >= 0.6 is 15.6 Å². The highest BCUT2D eigenvalue weighted by Crippen LogP contribution is 2.45. The second kappa shape index (κ2) is 63.5. The molecule has 0 aliphatic heterocycles. The van der Waals surface area contributed by atoms with Crippen LogP contribution in [0.15, 0.2) is 0 Å². The quantitative estimate of drug-likeness (QED) is 0.0222. The van der Waals surface area contributed by atoms with Crippen LogP contribution in [0.4, 0.5) is 0 Å². The second-order valence-corrected chi connectivity index (χ2v) is 31.0. The van der Waals surface area contributed by atoms with Crippen molar-refractivity contribution in [3.8, 4) is 0 Å². The Kier molecular flexibility index (Phi) is 62.2. The van der Waals surface area contributed by atoms with E-state index in [0.29, 0.717) is 25.7 Å². The molecule has 0 amide bonds. The molecule has 0 radical (unpaired) electrons. The number of rotatable bonds is 71. The number of phosphoric ester groups is 2. The van der Waals surface area contributed by atoms with E-state index >= 15 is 0 Å². The van der Waals surface area contributed by atoms with Gasteiger partial charge in [0.25, 0.3) is 0 Å². The highest BCUT2D eigenvalue weighted by molar-refractivity contribution is 7.47. The normalized spacial score (nSPS) is 14.8. The minimum absolute atomic E-state index is 0.105. The number of phosphoric acid groups is 2. The minimum atomic E-state index is -4.96. The van der Waals surface area contributed by atoms with Crippen LogP contribution < -0.4 is 0 Å². The average Bonchev–Trinajstić information content (AvgIpc) is 1.53. The van der Waals surface area contributed by atoms with Crippen LogP contribution in [0.2, 0.25) is 0 Å². The molecule has 3 N–H and O–H groups in total. The number of aliphatic hydroxyl groups is 1. The Morgan fingerprint density at radius 2 is 0.516 bits per heavy atom. The summed E-state index contributed by atoms with van der Waals surface area (Å²) < 4.78 is 68.5. The maximum atomic E-state index is 13.1. The molecule has 0 saturated carbocycles. The van der Waals surface area contributed by atoms with Crippen molar-refractivity contribution in [2.75, 3.05) is 39.6 Å². The molecular weight excluding hydrogens is 1220 g/mol. The van der Waals surface area contributed by atoms with E-state index in [9.17, 15) is 43.2 Å². The van der Waals surface area contributed by atoms with Gasteiger partial charge in [-0.15, -0.1) is 0 Å². The third-order valence-corrected chi connectivity index (χ3v) is 19.7. The Hall–Kier alpha value is -1.94. The molecule has 0 aromatic rings. The summed E-state index contributed by atoms with van der Waals surface area (Å²) in [5.74, 6) is 0.955. The molecule has 19 heteroatoms. The van der Waals surface area contributed by atoms with Gasteiger partial charge in [0.05, 0.1) is 26.4 Å². The number of ether oxygens (including phenoxy) is 4. The molecule has 552 valence electrons. The Balaban J connectivity index is 5.27. The van der Waals surface area contributed by atoms with Gasteiger partial charge in [0.2, 0.25) is 0 Å². The summed E-state index contributed by atoms with van der Waals surface area (Å²) in [5, 5.41) is 10.6. The lowest BCUT2D eigenvalue weighted by atomic mass is 9.99. The molecular formula is C74H144O17P2. The fraction of sp³-hybridized carbons (Fsp3) is 0.946. The number of carbonyl (C=O) groups excluding carboxylic acids is 4. The zero-order valence-corrected chi connectivity index (χ0v) is 62.7. The summed E-state index contributed by atoms with van der Waals surface area (Å²) in [6, 6.07) is 0. The van der Waals surface area contributed by atoms with E-state index in [-0.39, 0.29) is 25.7 Å². The fourth-order valence-corrected chi connectivity index (χ4v) is 12.7. The van der Waals surface area contributed by atoms with E-state index < -0.39 is 97.5 Å². The molecule has 0 heterocycles. The predicted octanol–water partition coefficient (Wildman–Crippen LogP) is 21.3. The summed E-state index contributed by atoms with van der Waals surface area (Å²) in [6.07, 6.45) is 47.1.